The van der Waals surface area contributed by atoms with Crippen LogP contribution >= 0.6 is 0 Å². The Labute approximate surface area is 124 Å². The van der Waals surface area contributed by atoms with E-state index >= 15 is 0 Å². The SMILES string of the molecule is CC(=N)c1c(C)cc(OC2CCOCC2)c2c1OCCO2. The highest BCUT2D eigenvalue weighted by atomic mass is 16.6. The summed E-state index contributed by atoms with van der Waals surface area (Å²) in [7, 11) is 0. The molecule has 1 aromatic rings. The average Bonchev–Trinajstić information content (AvgIpc) is 2.48. The van der Waals surface area contributed by atoms with Crippen molar-refractivity contribution in [3.63, 3.8) is 0 Å². The Morgan fingerprint density at radius 1 is 1.14 bits per heavy atom. The Kier molecular flexibility index (Phi) is 4.01. The third-order valence-corrected chi connectivity index (χ3v) is 3.81. The number of benzene rings is 1. The highest BCUT2D eigenvalue weighted by molar-refractivity contribution is 6.01. The summed E-state index contributed by atoms with van der Waals surface area (Å²) in [4.78, 5) is 0. The van der Waals surface area contributed by atoms with Crippen LogP contribution in [0.1, 0.15) is 30.9 Å². The predicted octanol–water partition coefficient (Wildman–Crippen LogP) is 2.71. The molecule has 2 heterocycles. The molecule has 0 atom stereocenters. The van der Waals surface area contributed by atoms with Gasteiger partial charge in [-0.25, -0.2) is 0 Å². The van der Waals surface area contributed by atoms with Crippen molar-refractivity contribution in [2.24, 2.45) is 0 Å². The minimum absolute atomic E-state index is 0.153. The van der Waals surface area contributed by atoms with Crippen molar-refractivity contribution in [2.75, 3.05) is 26.4 Å². The van der Waals surface area contributed by atoms with E-state index in [1.165, 1.54) is 0 Å². The van der Waals surface area contributed by atoms with Gasteiger partial charge in [0.1, 0.15) is 19.3 Å². The summed E-state index contributed by atoms with van der Waals surface area (Å²) in [5.41, 5.74) is 2.27. The van der Waals surface area contributed by atoms with E-state index in [4.69, 9.17) is 24.4 Å². The van der Waals surface area contributed by atoms with Crippen molar-refractivity contribution < 1.29 is 18.9 Å². The summed E-state index contributed by atoms with van der Waals surface area (Å²) >= 11 is 0. The zero-order valence-corrected chi connectivity index (χ0v) is 12.5. The summed E-state index contributed by atoms with van der Waals surface area (Å²) in [5, 5.41) is 7.95. The van der Waals surface area contributed by atoms with Crippen LogP contribution in [-0.2, 0) is 4.74 Å². The molecule has 5 nitrogen and oxygen atoms in total. The van der Waals surface area contributed by atoms with Crippen molar-refractivity contribution in [1.82, 2.24) is 0 Å². The molecule has 21 heavy (non-hydrogen) atoms. The third-order valence-electron chi connectivity index (χ3n) is 3.81. The monoisotopic (exact) mass is 291 g/mol. The zero-order valence-electron chi connectivity index (χ0n) is 12.5. The summed E-state index contributed by atoms with van der Waals surface area (Å²) in [6, 6.07) is 1.95. The van der Waals surface area contributed by atoms with Gasteiger partial charge in [-0.3, -0.25) is 0 Å². The first-order valence-corrected chi connectivity index (χ1v) is 7.40. The molecular weight excluding hydrogens is 270 g/mol. The summed E-state index contributed by atoms with van der Waals surface area (Å²) in [6.45, 7) is 6.23. The molecule has 1 N–H and O–H groups in total. The fraction of sp³-hybridized carbons (Fsp3) is 0.562. The van der Waals surface area contributed by atoms with Gasteiger partial charge >= 0.3 is 0 Å². The van der Waals surface area contributed by atoms with Gasteiger partial charge in [0.2, 0.25) is 5.75 Å². The second kappa shape index (κ2) is 5.93. The van der Waals surface area contributed by atoms with Gasteiger partial charge in [-0.2, -0.15) is 0 Å². The zero-order chi connectivity index (χ0) is 14.8. The Hall–Kier alpha value is -1.75. The Morgan fingerprint density at radius 2 is 1.81 bits per heavy atom. The van der Waals surface area contributed by atoms with Crippen molar-refractivity contribution in [3.05, 3.63) is 17.2 Å². The van der Waals surface area contributed by atoms with Crippen LogP contribution in [0.25, 0.3) is 0 Å². The lowest BCUT2D eigenvalue weighted by Crippen LogP contribution is -2.27. The number of aryl methyl sites for hydroxylation is 1. The summed E-state index contributed by atoms with van der Waals surface area (Å²) < 4.78 is 23.0. The van der Waals surface area contributed by atoms with E-state index in [-0.39, 0.29) is 6.10 Å². The van der Waals surface area contributed by atoms with E-state index in [0.717, 1.165) is 42.9 Å². The number of hydrogen-bond acceptors (Lipinski definition) is 5. The molecule has 0 spiro atoms. The third kappa shape index (κ3) is 2.83. The maximum Gasteiger partial charge on any atom is 0.204 e. The number of nitrogens with one attached hydrogen (secondary N) is 1. The van der Waals surface area contributed by atoms with E-state index < -0.39 is 0 Å². The maximum atomic E-state index is 7.95. The predicted molar refractivity (Wildman–Crippen MR) is 79.1 cm³/mol. The minimum atomic E-state index is 0.153. The van der Waals surface area contributed by atoms with Crippen LogP contribution in [0.3, 0.4) is 0 Å². The van der Waals surface area contributed by atoms with Gasteiger partial charge in [0, 0.05) is 24.1 Å². The normalized spacial score (nSPS) is 18.4. The van der Waals surface area contributed by atoms with Crippen LogP contribution in [0.2, 0.25) is 0 Å². The van der Waals surface area contributed by atoms with Gasteiger partial charge in [-0.15, -0.1) is 0 Å². The molecule has 1 fully saturated rings. The smallest absolute Gasteiger partial charge is 0.204 e. The van der Waals surface area contributed by atoms with Gasteiger partial charge in [0.25, 0.3) is 0 Å². The van der Waals surface area contributed by atoms with E-state index in [1.807, 2.05) is 13.0 Å². The molecule has 0 radical (unpaired) electrons. The van der Waals surface area contributed by atoms with Gasteiger partial charge in [0.05, 0.1) is 13.2 Å². The average molecular weight is 291 g/mol. The van der Waals surface area contributed by atoms with E-state index in [9.17, 15) is 0 Å². The molecule has 0 bridgehead atoms. The van der Waals surface area contributed by atoms with Crippen LogP contribution in [-0.4, -0.2) is 38.2 Å². The maximum absolute atomic E-state index is 7.95. The second-order valence-electron chi connectivity index (χ2n) is 5.48. The molecule has 1 aromatic carbocycles. The lowest BCUT2D eigenvalue weighted by molar-refractivity contribution is 0.0233. The van der Waals surface area contributed by atoms with Gasteiger partial charge < -0.3 is 24.4 Å². The summed E-state index contributed by atoms with van der Waals surface area (Å²) in [5.74, 6) is 2.01. The topological polar surface area (TPSA) is 60.8 Å². The quantitative estimate of drug-likeness (QED) is 0.870. The molecule has 5 heteroatoms. The largest absolute Gasteiger partial charge is 0.486 e. The molecule has 0 aromatic heterocycles. The van der Waals surface area contributed by atoms with Crippen LogP contribution in [0.5, 0.6) is 17.2 Å². The molecule has 0 unspecified atom stereocenters. The fourth-order valence-corrected chi connectivity index (χ4v) is 2.83. The first-order chi connectivity index (χ1) is 10.2. The fourth-order valence-electron chi connectivity index (χ4n) is 2.83. The van der Waals surface area contributed by atoms with Crippen LogP contribution in [0.15, 0.2) is 6.07 Å². The van der Waals surface area contributed by atoms with Gasteiger partial charge in [-0.1, -0.05) is 0 Å². The highest BCUT2D eigenvalue weighted by Gasteiger charge is 2.26. The second-order valence-corrected chi connectivity index (χ2v) is 5.48. The first-order valence-electron chi connectivity index (χ1n) is 7.40. The molecule has 0 amide bonds. The summed E-state index contributed by atoms with van der Waals surface area (Å²) in [6.07, 6.45) is 1.93. The van der Waals surface area contributed by atoms with Crippen molar-refractivity contribution in [1.29, 1.82) is 5.41 Å². The number of hydrogen-bond donors (Lipinski definition) is 1. The highest BCUT2D eigenvalue weighted by Crippen LogP contribution is 2.44. The molecule has 2 aliphatic heterocycles. The van der Waals surface area contributed by atoms with E-state index in [1.54, 1.807) is 6.92 Å². The van der Waals surface area contributed by atoms with Gasteiger partial charge in [-0.05, 0) is 25.5 Å². The van der Waals surface area contributed by atoms with Crippen LogP contribution in [0, 0.1) is 12.3 Å². The molecule has 2 aliphatic rings. The lowest BCUT2D eigenvalue weighted by atomic mass is 10.0. The molecule has 3 rings (SSSR count). The molecule has 0 saturated carbocycles. The number of rotatable bonds is 3. The Morgan fingerprint density at radius 3 is 2.48 bits per heavy atom. The van der Waals surface area contributed by atoms with Crippen LogP contribution in [0.4, 0.5) is 0 Å². The minimum Gasteiger partial charge on any atom is -0.486 e. The molecule has 1 saturated heterocycles. The van der Waals surface area contributed by atoms with Crippen molar-refractivity contribution >= 4 is 5.71 Å². The number of ether oxygens (including phenoxy) is 4. The molecule has 0 aliphatic carbocycles. The van der Waals surface area contributed by atoms with Crippen molar-refractivity contribution in [2.45, 2.75) is 32.8 Å². The Bertz CT molecular complexity index is 550. The Balaban J connectivity index is 1.96. The first kappa shape index (κ1) is 14.2. The standard InChI is InChI=1S/C16H21NO4/c1-10-9-13(21-12-3-5-18-6-4-12)15-16(14(10)11(2)17)20-8-7-19-15/h9,12,17H,3-8H2,1-2H3. The molecule has 114 valence electrons. The lowest BCUT2D eigenvalue weighted by Gasteiger charge is -2.28. The van der Waals surface area contributed by atoms with Crippen LogP contribution < -0.4 is 14.2 Å². The van der Waals surface area contributed by atoms with Gasteiger partial charge in [0.15, 0.2) is 11.5 Å². The molecular formula is C16H21NO4. The van der Waals surface area contributed by atoms with Crippen molar-refractivity contribution in [3.8, 4) is 17.2 Å². The van der Waals surface area contributed by atoms with E-state index in [2.05, 4.69) is 0 Å². The van der Waals surface area contributed by atoms with E-state index in [0.29, 0.717) is 30.4 Å². The number of fused-ring (bicyclic) bond motifs is 1.